The summed E-state index contributed by atoms with van der Waals surface area (Å²) in [7, 11) is 0. The van der Waals surface area contributed by atoms with E-state index >= 15 is 0 Å². The first kappa shape index (κ1) is 12.6. The van der Waals surface area contributed by atoms with Crippen LogP contribution in [0.25, 0.3) is 0 Å². The fourth-order valence-corrected chi connectivity index (χ4v) is 0.593. The average molecular weight is 200 g/mol. The van der Waals surface area contributed by atoms with Crippen molar-refractivity contribution in [3.8, 4) is 0 Å². The maximum absolute atomic E-state index is 10.8. The third kappa shape index (κ3) is 7.30. The van der Waals surface area contributed by atoms with Crippen molar-refractivity contribution in [3.63, 3.8) is 0 Å². The highest BCUT2D eigenvalue weighted by Gasteiger charge is 2.01. The molecule has 79 valence electrons. The number of hydrogen-bond acceptors (Lipinski definition) is 4. The van der Waals surface area contributed by atoms with Gasteiger partial charge in [0.2, 0.25) is 0 Å². The molecule has 0 bridgehead atoms. The highest BCUT2D eigenvalue weighted by Crippen LogP contribution is 1.91. The van der Waals surface area contributed by atoms with Gasteiger partial charge < -0.3 is 14.8 Å². The number of ether oxygens (including phenoxy) is 2. The SMILES string of the molecule is C=C(C)C(=O)OCCOCCN[C]=O. The Hall–Kier alpha value is -1.36. The molecular weight excluding hydrogens is 186 g/mol. The summed E-state index contributed by atoms with van der Waals surface area (Å²) in [5.41, 5.74) is 0.363. The van der Waals surface area contributed by atoms with E-state index in [-0.39, 0.29) is 6.61 Å². The van der Waals surface area contributed by atoms with Gasteiger partial charge in [-0.15, -0.1) is 0 Å². The van der Waals surface area contributed by atoms with Gasteiger partial charge in [-0.1, -0.05) is 6.58 Å². The van der Waals surface area contributed by atoms with Crippen LogP contribution in [0.5, 0.6) is 0 Å². The van der Waals surface area contributed by atoms with Crippen molar-refractivity contribution >= 4 is 12.4 Å². The maximum atomic E-state index is 10.8. The Morgan fingerprint density at radius 1 is 1.43 bits per heavy atom. The fraction of sp³-hybridized carbons (Fsp3) is 0.556. The van der Waals surface area contributed by atoms with Crippen molar-refractivity contribution in [2.45, 2.75) is 6.92 Å². The van der Waals surface area contributed by atoms with Crippen LogP contribution in [0.1, 0.15) is 6.92 Å². The number of hydrogen-bond donors (Lipinski definition) is 1. The standard InChI is InChI=1S/C9H14NO4/c1-8(2)9(12)14-6-5-13-4-3-10-7-11/h1,3-6H2,2H3,(H,10,11). The van der Waals surface area contributed by atoms with Gasteiger partial charge in [0.05, 0.1) is 13.2 Å². The van der Waals surface area contributed by atoms with E-state index in [9.17, 15) is 9.59 Å². The molecule has 0 aromatic carbocycles. The molecule has 0 heterocycles. The first-order valence-electron chi connectivity index (χ1n) is 4.19. The Morgan fingerprint density at radius 3 is 2.71 bits per heavy atom. The van der Waals surface area contributed by atoms with E-state index in [2.05, 4.69) is 11.9 Å². The van der Waals surface area contributed by atoms with Gasteiger partial charge in [0.15, 0.2) is 0 Å². The van der Waals surface area contributed by atoms with Gasteiger partial charge in [-0.25, -0.2) is 4.79 Å². The number of amides is 1. The lowest BCUT2D eigenvalue weighted by Crippen LogP contribution is -2.19. The van der Waals surface area contributed by atoms with E-state index in [4.69, 9.17) is 9.47 Å². The fourth-order valence-electron chi connectivity index (χ4n) is 0.593. The highest BCUT2D eigenvalue weighted by atomic mass is 16.6. The number of rotatable bonds is 8. The first-order chi connectivity index (χ1) is 6.68. The predicted molar refractivity (Wildman–Crippen MR) is 50.3 cm³/mol. The smallest absolute Gasteiger partial charge is 0.333 e. The normalized spacial score (nSPS) is 9.21. The maximum Gasteiger partial charge on any atom is 0.333 e. The van der Waals surface area contributed by atoms with Crippen LogP contribution < -0.4 is 5.32 Å². The molecular formula is C9H14NO4. The Morgan fingerprint density at radius 2 is 2.14 bits per heavy atom. The van der Waals surface area contributed by atoms with Crippen LogP contribution in [0.15, 0.2) is 12.2 Å². The zero-order valence-electron chi connectivity index (χ0n) is 8.17. The Bertz CT molecular complexity index is 203. The van der Waals surface area contributed by atoms with Crippen molar-refractivity contribution in [2.75, 3.05) is 26.4 Å². The van der Waals surface area contributed by atoms with E-state index in [1.54, 1.807) is 6.92 Å². The van der Waals surface area contributed by atoms with Gasteiger partial charge >= 0.3 is 12.4 Å². The molecule has 0 fully saturated rings. The molecule has 0 spiro atoms. The van der Waals surface area contributed by atoms with Crippen LogP contribution in [0.4, 0.5) is 0 Å². The van der Waals surface area contributed by atoms with Gasteiger partial charge in [-0.05, 0) is 6.92 Å². The number of esters is 1. The molecule has 0 saturated heterocycles. The first-order valence-corrected chi connectivity index (χ1v) is 4.19. The molecule has 0 aliphatic heterocycles. The second-order valence-electron chi connectivity index (χ2n) is 2.56. The topological polar surface area (TPSA) is 64.6 Å². The molecule has 0 aromatic rings. The lowest BCUT2D eigenvalue weighted by Gasteiger charge is -2.04. The van der Waals surface area contributed by atoms with Gasteiger partial charge in [-0.2, -0.15) is 0 Å². The quantitative estimate of drug-likeness (QED) is 0.254. The van der Waals surface area contributed by atoms with Crippen LogP contribution in [-0.4, -0.2) is 38.7 Å². The van der Waals surface area contributed by atoms with Crippen molar-refractivity contribution in [3.05, 3.63) is 12.2 Å². The van der Waals surface area contributed by atoms with E-state index < -0.39 is 5.97 Å². The summed E-state index contributed by atoms with van der Waals surface area (Å²) in [5, 5.41) is 2.31. The third-order valence-electron chi connectivity index (χ3n) is 1.25. The van der Waals surface area contributed by atoms with E-state index in [1.165, 1.54) is 6.41 Å². The Kier molecular flexibility index (Phi) is 7.45. The van der Waals surface area contributed by atoms with Crippen LogP contribution in [0, 0.1) is 0 Å². The summed E-state index contributed by atoms with van der Waals surface area (Å²) in [6, 6.07) is 0. The van der Waals surface area contributed by atoms with Gasteiger partial charge in [0.25, 0.3) is 0 Å². The highest BCUT2D eigenvalue weighted by molar-refractivity contribution is 5.86. The number of carbonyl (C=O) groups is 1. The monoisotopic (exact) mass is 200 g/mol. The molecule has 1 radical (unpaired) electrons. The minimum Gasteiger partial charge on any atom is -0.460 e. The Labute approximate surface area is 83.1 Å². The Balaban J connectivity index is 3.17. The minimum absolute atomic E-state index is 0.191. The minimum atomic E-state index is -0.423. The average Bonchev–Trinajstić information content (AvgIpc) is 2.16. The molecule has 0 aliphatic carbocycles. The van der Waals surface area contributed by atoms with Crippen LogP contribution in [0.3, 0.4) is 0 Å². The molecule has 0 saturated carbocycles. The van der Waals surface area contributed by atoms with Crippen LogP contribution in [0.2, 0.25) is 0 Å². The van der Waals surface area contributed by atoms with Gasteiger partial charge in [0.1, 0.15) is 6.61 Å². The molecule has 0 atom stereocenters. The van der Waals surface area contributed by atoms with Crippen molar-refractivity contribution in [2.24, 2.45) is 0 Å². The predicted octanol–water partition coefficient (Wildman–Crippen LogP) is -0.221. The van der Waals surface area contributed by atoms with Gasteiger partial charge in [0, 0.05) is 12.1 Å². The van der Waals surface area contributed by atoms with Crippen LogP contribution in [-0.2, 0) is 19.1 Å². The van der Waals surface area contributed by atoms with E-state index in [0.717, 1.165) is 0 Å². The molecule has 14 heavy (non-hydrogen) atoms. The molecule has 1 amide bonds. The zero-order chi connectivity index (χ0) is 10.8. The summed E-state index contributed by atoms with van der Waals surface area (Å²) in [4.78, 5) is 20.5. The molecule has 0 aromatic heterocycles. The molecule has 0 rings (SSSR count). The third-order valence-corrected chi connectivity index (χ3v) is 1.25. The van der Waals surface area contributed by atoms with Crippen molar-refractivity contribution in [1.29, 1.82) is 0 Å². The molecule has 0 aliphatic rings. The summed E-state index contributed by atoms with van der Waals surface area (Å²) >= 11 is 0. The summed E-state index contributed by atoms with van der Waals surface area (Å²) in [6.07, 6.45) is 1.51. The molecule has 0 unspecified atom stereocenters. The van der Waals surface area contributed by atoms with Crippen molar-refractivity contribution < 1.29 is 19.1 Å². The molecule has 1 N–H and O–H groups in total. The van der Waals surface area contributed by atoms with Crippen LogP contribution >= 0.6 is 0 Å². The lowest BCUT2D eigenvalue weighted by atomic mass is 10.4. The zero-order valence-corrected chi connectivity index (χ0v) is 8.17. The van der Waals surface area contributed by atoms with Crippen molar-refractivity contribution in [1.82, 2.24) is 5.32 Å². The molecule has 5 nitrogen and oxygen atoms in total. The number of nitrogens with one attached hydrogen (secondary N) is 1. The lowest BCUT2D eigenvalue weighted by molar-refractivity contribution is -0.140. The largest absolute Gasteiger partial charge is 0.460 e. The number of carbonyl (C=O) groups excluding carboxylic acids is 2. The van der Waals surface area contributed by atoms with Gasteiger partial charge in [-0.3, -0.25) is 4.79 Å². The van der Waals surface area contributed by atoms with E-state index in [1.807, 2.05) is 0 Å². The summed E-state index contributed by atoms with van der Waals surface area (Å²) in [5.74, 6) is -0.423. The second-order valence-corrected chi connectivity index (χ2v) is 2.56. The second kappa shape index (κ2) is 8.25. The summed E-state index contributed by atoms with van der Waals surface area (Å²) in [6.45, 7) is 6.27. The van der Waals surface area contributed by atoms with E-state index in [0.29, 0.717) is 25.3 Å². The summed E-state index contributed by atoms with van der Waals surface area (Å²) < 4.78 is 9.77. The molecule has 5 heteroatoms.